The molecule has 1 aliphatic heterocycles. The highest BCUT2D eigenvalue weighted by Gasteiger charge is 2.30. The first kappa shape index (κ1) is 14.7. The minimum atomic E-state index is -0.474. The number of likely N-dealkylation sites (tertiary alicyclic amines) is 1. The molecule has 0 aliphatic carbocycles. The molecule has 1 fully saturated rings. The Hall–Kier alpha value is -2.24. The average molecular weight is 303 g/mol. The first-order chi connectivity index (χ1) is 10.3. The van der Waals surface area contributed by atoms with Crippen molar-refractivity contribution in [1.82, 2.24) is 14.9 Å². The van der Waals surface area contributed by atoms with Gasteiger partial charge in [-0.2, -0.15) is 0 Å². The van der Waals surface area contributed by atoms with E-state index in [1.54, 1.807) is 4.90 Å². The number of fused-ring (bicyclic) bond motifs is 1. The third-order valence-electron chi connectivity index (χ3n) is 3.85. The van der Waals surface area contributed by atoms with Gasteiger partial charge in [-0.1, -0.05) is 6.07 Å². The number of rotatable bonds is 1. The topological polar surface area (TPSA) is 78.2 Å². The molecule has 3 rings (SSSR count). The highest BCUT2D eigenvalue weighted by molar-refractivity contribution is 5.75. The van der Waals surface area contributed by atoms with Gasteiger partial charge in [-0.3, -0.25) is 0 Å². The van der Waals surface area contributed by atoms with Crippen LogP contribution >= 0.6 is 0 Å². The maximum absolute atomic E-state index is 12.1. The number of ether oxygens (including phenoxy) is 1. The quantitative estimate of drug-likeness (QED) is 0.850. The van der Waals surface area contributed by atoms with Crippen LogP contribution in [-0.4, -0.2) is 39.7 Å². The van der Waals surface area contributed by atoms with Gasteiger partial charge < -0.3 is 19.6 Å². The highest BCUT2D eigenvalue weighted by Crippen LogP contribution is 2.29. The number of imidazole rings is 1. The lowest BCUT2D eigenvalue weighted by Gasteiger charge is -2.24. The van der Waals surface area contributed by atoms with Crippen LogP contribution in [0.25, 0.3) is 11.0 Å². The molecule has 22 heavy (non-hydrogen) atoms. The van der Waals surface area contributed by atoms with E-state index in [2.05, 4.69) is 9.97 Å². The van der Waals surface area contributed by atoms with Gasteiger partial charge in [0.1, 0.15) is 5.60 Å². The Morgan fingerprint density at radius 2 is 2.00 bits per heavy atom. The standard InChI is InChI=1S/C16H21N3O3/c1-16(2,3)22-15(21)19-7-6-11(9-19)10-4-5-12-13(8-10)18-14(20)17-12/h4-5,8,11H,6-7,9H2,1-3H3,(H2,17,18,20). The maximum atomic E-state index is 12.1. The van der Waals surface area contributed by atoms with Gasteiger partial charge >= 0.3 is 11.8 Å². The third-order valence-corrected chi connectivity index (χ3v) is 3.85. The molecule has 1 aliphatic rings. The summed E-state index contributed by atoms with van der Waals surface area (Å²) in [7, 11) is 0. The van der Waals surface area contributed by atoms with E-state index in [1.807, 2.05) is 39.0 Å². The van der Waals surface area contributed by atoms with E-state index in [-0.39, 0.29) is 17.7 Å². The smallest absolute Gasteiger partial charge is 0.410 e. The largest absolute Gasteiger partial charge is 0.444 e. The molecule has 0 saturated carbocycles. The van der Waals surface area contributed by atoms with Crippen molar-refractivity contribution in [3.05, 3.63) is 34.2 Å². The van der Waals surface area contributed by atoms with Crippen molar-refractivity contribution in [2.24, 2.45) is 0 Å². The number of hydrogen-bond acceptors (Lipinski definition) is 3. The highest BCUT2D eigenvalue weighted by atomic mass is 16.6. The van der Waals surface area contributed by atoms with Crippen molar-refractivity contribution in [2.45, 2.75) is 38.7 Å². The lowest BCUT2D eigenvalue weighted by Crippen LogP contribution is -2.35. The van der Waals surface area contributed by atoms with Gasteiger partial charge in [-0.05, 0) is 44.9 Å². The summed E-state index contributed by atoms with van der Waals surface area (Å²) in [6, 6.07) is 5.89. The van der Waals surface area contributed by atoms with Gasteiger partial charge in [0.25, 0.3) is 0 Å². The molecule has 2 aromatic rings. The number of nitrogens with zero attached hydrogens (tertiary/aromatic N) is 1. The number of nitrogens with one attached hydrogen (secondary N) is 2. The summed E-state index contributed by atoms with van der Waals surface area (Å²) in [6.45, 7) is 6.95. The molecule has 0 spiro atoms. The Balaban J connectivity index is 1.73. The number of H-pyrrole nitrogens is 2. The van der Waals surface area contributed by atoms with Crippen LogP contribution in [0.5, 0.6) is 0 Å². The predicted octanol–water partition coefficient (Wildman–Crippen LogP) is 2.58. The second-order valence-corrected chi connectivity index (χ2v) is 6.80. The number of carbonyl (C=O) groups is 1. The number of amides is 1. The van der Waals surface area contributed by atoms with Crippen LogP contribution in [0.2, 0.25) is 0 Å². The molecule has 0 radical (unpaired) electrons. The van der Waals surface area contributed by atoms with Crippen LogP contribution in [0.15, 0.2) is 23.0 Å². The van der Waals surface area contributed by atoms with E-state index >= 15 is 0 Å². The molecule has 0 bridgehead atoms. The summed E-state index contributed by atoms with van der Waals surface area (Å²) >= 11 is 0. The fourth-order valence-corrected chi connectivity index (χ4v) is 2.83. The van der Waals surface area contributed by atoms with Crippen molar-refractivity contribution in [1.29, 1.82) is 0 Å². The van der Waals surface area contributed by atoms with Crippen LogP contribution in [0.1, 0.15) is 38.7 Å². The second-order valence-electron chi connectivity index (χ2n) is 6.80. The van der Waals surface area contributed by atoms with Crippen molar-refractivity contribution in [3.8, 4) is 0 Å². The molecular weight excluding hydrogens is 282 g/mol. The fraction of sp³-hybridized carbons (Fsp3) is 0.500. The van der Waals surface area contributed by atoms with Gasteiger partial charge in [0.15, 0.2) is 0 Å². The van der Waals surface area contributed by atoms with Gasteiger partial charge in [0, 0.05) is 19.0 Å². The summed E-state index contributed by atoms with van der Waals surface area (Å²) in [5.41, 5.74) is 2.07. The van der Waals surface area contributed by atoms with E-state index in [0.29, 0.717) is 13.1 Å². The van der Waals surface area contributed by atoms with E-state index in [4.69, 9.17) is 4.74 Å². The lowest BCUT2D eigenvalue weighted by atomic mass is 9.98. The zero-order chi connectivity index (χ0) is 15.9. The zero-order valence-electron chi connectivity index (χ0n) is 13.1. The SMILES string of the molecule is CC(C)(C)OC(=O)N1CCC(c2ccc3[nH]c(=O)[nH]c3c2)C1. The summed E-state index contributed by atoms with van der Waals surface area (Å²) in [5.74, 6) is 0.273. The van der Waals surface area contributed by atoms with Crippen LogP contribution < -0.4 is 5.69 Å². The molecule has 1 aromatic carbocycles. The van der Waals surface area contributed by atoms with Gasteiger partial charge in [-0.15, -0.1) is 0 Å². The predicted molar refractivity (Wildman–Crippen MR) is 84.1 cm³/mol. The van der Waals surface area contributed by atoms with Crippen LogP contribution in [0.3, 0.4) is 0 Å². The first-order valence-electron chi connectivity index (χ1n) is 7.52. The maximum Gasteiger partial charge on any atom is 0.410 e. The normalized spacial score (nSPS) is 18.9. The van der Waals surface area contributed by atoms with Crippen molar-refractivity contribution < 1.29 is 9.53 Å². The molecule has 1 atom stereocenters. The molecule has 2 heterocycles. The molecule has 6 heteroatoms. The molecule has 6 nitrogen and oxygen atoms in total. The van der Waals surface area contributed by atoms with Gasteiger partial charge in [0.05, 0.1) is 11.0 Å². The molecule has 1 amide bonds. The van der Waals surface area contributed by atoms with E-state index < -0.39 is 5.60 Å². The minimum absolute atomic E-state index is 0.200. The molecule has 118 valence electrons. The van der Waals surface area contributed by atoms with Crippen molar-refractivity contribution >= 4 is 17.1 Å². The summed E-state index contributed by atoms with van der Waals surface area (Å²) in [4.78, 5) is 30.7. The molecule has 1 unspecified atom stereocenters. The third kappa shape index (κ3) is 3.00. The van der Waals surface area contributed by atoms with Gasteiger partial charge in [-0.25, -0.2) is 9.59 Å². The Kier molecular flexibility index (Phi) is 3.47. The summed E-state index contributed by atoms with van der Waals surface area (Å²) < 4.78 is 5.41. The number of aromatic nitrogens is 2. The van der Waals surface area contributed by atoms with Crippen molar-refractivity contribution in [2.75, 3.05) is 13.1 Å². The molecule has 1 saturated heterocycles. The monoisotopic (exact) mass is 303 g/mol. The fourth-order valence-electron chi connectivity index (χ4n) is 2.83. The van der Waals surface area contributed by atoms with E-state index in [0.717, 1.165) is 23.0 Å². The van der Waals surface area contributed by atoms with E-state index in [9.17, 15) is 9.59 Å². The molecule has 1 aromatic heterocycles. The molecule has 2 N–H and O–H groups in total. The Morgan fingerprint density at radius 3 is 2.73 bits per heavy atom. The Bertz CT molecular complexity index is 754. The number of aromatic amines is 2. The number of benzene rings is 1. The summed E-state index contributed by atoms with van der Waals surface area (Å²) in [5, 5.41) is 0. The minimum Gasteiger partial charge on any atom is -0.444 e. The van der Waals surface area contributed by atoms with Crippen molar-refractivity contribution in [3.63, 3.8) is 0 Å². The van der Waals surface area contributed by atoms with E-state index in [1.165, 1.54) is 0 Å². The summed E-state index contributed by atoms with van der Waals surface area (Å²) in [6.07, 6.45) is 0.644. The molecular formula is C16H21N3O3. The Morgan fingerprint density at radius 1 is 1.27 bits per heavy atom. The van der Waals surface area contributed by atoms with Crippen LogP contribution in [0, 0.1) is 0 Å². The van der Waals surface area contributed by atoms with Crippen LogP contribution in [0.4, 0.5) is 4.79 Å². The number of hydrogen-bond donors (Lipinski definition) is 2. The number of carbonyl (C=O) groups excluding carboxylic acids is 1. The lowest BCUT2D eigenvalue weighted by molar-refractivity contribution is 0.0292. The zero-order valence-corrected chi connectivity index (χ0v) is 13.1. The first-order valence-corrected chi connectivity index (χ1v) is 7.52. The Labute approximate surface area is 128 Å². The second kappa shape index (κ2) is 5.19. The average Bonchev–Trinajstić information content (AvgIpc) is 3.00. The van der Waals surface area contributed by atoms with Gasteiger partial charge in [0.2, 0.25) is 0 Å². The van der Waals surface area contributed by atoms with Crippen LogP contribution in [-0.2, 0) is 4.74 Å².